The van der Waals surface area contributed by atoms with Gasteiger partial charge in [0.15, 0.2) is 11.6 Å². The van der Waals surface area contributed by atoms with Crippen molar-refractivity contribution in [1.29, 1.82) is 0 Å². The van der Waals surface area contributed by atoms with Crippen LogP contribution in [0.1, 0.15) is 37.7 Å². The largest absolute Gasteiger partial charge is 0.494 e. The van der Waals surface area contributed by atoms with E-state index in [1.807, 2.05) is 12.1 Å². The maximum atomic E-state index is 14.1. The highest BCUT2D eigenvalue weighted by molar-refractivity contribution is 5.31. The lowest BCUT2D eigenvalue weighted by Crippen LogP contribution is -2.28. The van der Waals surface area contributed by atoms with E-state index in [1.54, 1.807) is 6.07 Å². The average Bonchev–Trinajstić information content (AvgIpc) is 3.03. The Hall–Kier alpha value is -1.09. The number of hydrogen-bond acceptors (Lipinski definition) is 2. The summed E-state index contributed by atoms with van der Waals surface area (Å²) in [6.45, 7) is 0. The van der Waals surface area contributed by atoms with Crippen LogP contribution in [0.2, 0.25) is 0 Å². The lowest BCUT2D eigenvalue weighted by atomic mass is 9.83. The minimum atomic E-state index is -0.251. The fourth-order valence-electron chi connectivity index (χ4n) is 4.29. The van der Waals surface area contributed by atoms with Gasteiger partial charge in [-0.05, 0) is 61.5 Å². The van der Waals surface area contributed by atoms with Crippen molar-refractivity contribution in [3.05, 3.63) is 29.6 Å². The molecule has 2 saturated carbocycles. The first-order valence-corrected chi connectivity index (χ1v) is 7.74. The third-order valence-electron chi connectivity index (χ3n) is 5.24. The molecule has 2 nitrogen and oxygen atoms in total. The first-order valence-electron chi connectivity index (χ1n) is 7.74. The predicted molar refractivity (Wildman–Crippen MR) is 78.2 cm³/mol. The van der Waals surface area contributed by atoms with Crippen LogP contribution in [0.4, 0.5) is 4.39 Å². The highest BCUT2D eigenvalue weighted by atomic mass is 19.1. The van der Waals surface area contributed by atoms with E-state index in [-0.39, 0.29) is 11.9 Å². The lowest BCUT2D eigenvalue weighted by Gasteiger charge is -2.25. The van der Waals surface area contributed by atoms with Gasteiger partial charge in [0.25, 0.3) is 0 Å². The normalized spacial score (nSPS) is 29.6. The molecule has 0 heterocycles. The molecule has 110 valence electrons. The van der Waals surface area contributed by atoms with Gasteiger partial charge in [0.05, 0.1) is 7.11 Å². The van der Waals surface area contributed by atoms with Crippen LogP contribution in [0.5, 0.6) is 5.75 Å². The number of rotatable bonds is 5. The molecule has 2 aliphatic rings. The van der Waals surface area contributed by atoms with Gasteiger partial charge in [-0.3, -0.25) is 0 Å². The molecular weight excluding hydrogens is 253 g/mol. The molecule has 20 heavy (non-hydrogen) atoms. The van der Waals surface area contributed by atoms with Gasteiger partial charge in [-0.15, -0.1) is 0 Å². The zero-order valence-electron chi connectivity index (χ0n) is 12.1. The van der Waals surface area contributed by atoms with Crippen molar-refractivity contribution in [2.45, 2.75) is 44.6 Å². The van der Waals surface area contributed by atoms with Gasteiger partial charge in [-0.25, -0.2) is 4.39 Å². The number of halogens is 1. The van der Waals surface area contributed by atoms with Crippen LogP contribution in [0.25, 0.3) is 0 Å². The van der Waals surface area contributed by atoms with E-state index in [0.717, 1.165) is 24.2 Å². The fourth-order valence-corrected chi connectivity index (χ4v) is 4.29. The lowest BCUT2D eigenvalue weighted by molar-refractivity contribution is 0.293. The summed E-state index contributed by atoms with van der Waals surface area (Å²) in [5.74, 6) is 2.68. The predicted octanol–water partition coefficient (Wildman–Crippen LogP) is 3.53. The van der Waals surface area contributed by atoms with Crippen LogP contribution < -0.4 is 10.5 Å². The van der Waals surface area contributed by atoms with Gasteiger partial charge in [-0.1, -0.05) is 18.6 Å². The molecule has 0 spiro atoms. The molecule has 3 rings (SSSR count). The van der Waals surface area contributed by atoms with Crippen LogP contribution >= 0.6 is 0 Å². The Morgan fingerprint density at radius 2 is 2.20 bits per heavy atom. The van der Waals surface area contributed by atoms with E-state index >= 15 is 0 Å². The first-order chi connectivity index (χ1) is 9.67. The monoisotopic (exact) mass is 277 g/mol. The number of ether oxygens (including phenoxy) is 1. The standard InChI is InChI=1S/C17H24FNO/c1-20-16-4-2-3-13(17(16)18)9-15(19)10-14-8-11-5-6-12(14)7-11/h2-4,11-12,14-15H,5-10,19H2,1H3. The summed E-state index contributed by atoms with van der Waals surface area (Å²) in [6, 6.07) is 5.36. The van der Waals surface area contributed by atoms with Crippen molar-refractivity contribution in [1.82, 2.24) is 0 Å². The van der Waals surface area contributed by atoms with Gasteiger partial charge in [-0.2, -0.15) is 0 Å². The van der Waals surface area contributed by atoms with Crippen LogP contribution in [0.15, 0.2) is 18.2 Å². The molecule has 4 unspecified atom stereocenters. The second-order valence-electron chi connectivity index (χ2n) is 6.57. The molecule has 2 bridgehead atoms. The summed E-state index contributed by atoms with van der Waals surface area (Å²) in [5, 5.41) is 0. The summed E-state index contributed by atoms with van der Waals surface area (Å²) in [6.07, 6.45) is 7.20. The molecular formula is C17H24FNO. The van der Waals surface area contributed by atoms with E-state index in [0.29, 0.717) is 17.7 Å². The van der Waals surface area contributed by atoms with Crippen molar-refractivity contribution in [2.24, 2.45) is 23.5 Å². The average molecular weight is 277 g/mol. The Kier molecular flexibility index (Phi) is 3.97. The Morgan fingerprint density at radius 1 is 1.35 bits per heavy atom. The highest BCUT2D eigenvalue weighted by Gasteiger charge is 2.39. The van der Waals surface area contributed by atoms with Crippen molar-refractivity contribution in [3.63, 3.8) is 0 Å². The third kappa shape index (κ3) is 2.69. The highest BCUT2D eigenvalue weighted by Crippen LogP contribution is 2.49. The molecule has 0 aromatic heterocycles. The zero-order chi connectivity index (χ0) is 14.1. The molecule has 0 aliphatic heterocycles. The molecule has 1 aromatic carbocycles. The second-order valence-corrected chi connectivity index (χ2v) is 6.57. The Balaban J connectivity index is 1.60. The fraction of sp³-hybridized carbons (Fsp3) is 0.647. The molecule has 0 amide bonds. The number of hydrogen-bond donors (Lipinski definition) is 1. The van der Waals surface area contributed by atoms with E-state index in [1.165, 1.54) is 32.8 Å². The molecule has 4 atom stereocenters. The first kappa shape index (κ1) is 13.9. The Labute approximate surface area is 120 Å². The summed E-state index contributed by atoms with van der Waals surface area (Å²) in [7, 11) is 1.50. The summed E-state index contributed by atoms with van der Waals surface area (Å²) >= 11 is 0. The number of benzene rings is 1. The minimum Gasteiger partial charge on any atom is -0.494 e. The molecule has 3 heteroatoms. The zero-order valence-corrected chi connectivity index (χ0v) is 12.1. The van der Waals surface area contributed by atoms with E-state index in [2.05, 4.69) is 0 Å². The Bertz CT molecular complexity index is 476. The number of methoxy groups -OCH3 is 1. The molecule has 1 aromatic rings. The topological polar surface area (TPSA) is 35.2 Å². The van der Waals surface area contributed by atoms with Crippen LogP contribution in [-0.4, -0.2) is 13.2 Å². The van der Waals surface area contributed by atoms with Crippen LogP contribution in [0, 0.1) is 23.6 Å². The molecule has 2 fully saturated rings. The minimum absolute atomic E-state index is 0.0564. The van der Waals surface area contributed by atoms with E-state index in [4.69, 9.17) is 10.5 Å². The van der Waals surface area contributed by atoms with Crippen molar-refractivity contribution >= 4 is 0 Å². The summed E-state index contributed by atoms with van der Waals surface area (Å²) < 4.78 is 19.1. The third-order valence-corrected chi connectivity index (χ3v) is 5.24. The van der Waals surface area contributed by atoms with E-state index in [9.17, 15) is 4.39 Å². The van der Waals surface area contributed by atoms with Gasteiger partial charge in [0.1, 0.15) is 0 Å². The molecule has 0 saturated heterocycles. The molecule has 0 radical (unpaired) electrons. The number of nitrogens with two attached hydrogens (primary N) is 1. The van der Waals surface area contributed by atoms with Crippen molar-refractivity contribution < 1.29 is 9.13 Å². The SMILES string of the molecule is COc1cccc(CC(N)CC2CC3CCC2C3)c1F. The van der Waals surface area contributed by atoms with Crippen molar-refractivity contribution in [3.8, 4) is 5.75 Å². The van der Waals surface area contributed by atoms with Crippen LogP contribution in [-0.2, 0) is 6.42 Å². The quantitative estimate of drug-likeness (QED) is 0.893. The maximum Gasteiger partial charge on any atom is 0.168 e. The maximum absolute atomic E-state index is 14.1. The van der Waals surface area contributed by atoms with Crippen LogP contribution in [0.3, 0.4) is 0 Å². The van der Waals surface area contributed by atoms with Crippen molar-refractivity contribution in [2.75, 3.05) is 7.11 Å². The van der Waals surface area contributed by atoms with Gasteiger partial charge in [0.2, 0.25) is 0 Å². The van der Waals surface area contributed by atoms with Gasteiger partial charge in [0, 0.05) is 6.04 Å². The Morgan fingerprint density at radius 3 is 2.85 bits per heavy atom. The van der Waals surface area contributed by atoms with Gasteiger partial charge < -0.3 is 10.5 Å². The number of fused-ring (bicyclic) bond motifs is 2. The second kappa shape index (κ2) is 5.72. The van der Waals surface area contributed by atoms with E-state index < -0.39 is 0 Å². The molecule has 2 aliphatic carbocycles. The summed E-state index contributed by atoms with van der Waals surface area (Å²) in [4.78, 5) is 0. The summed E-state index contributed by atoms with van der Waals surface area (Å²) in [5.41, 5.74) is 6.95. The molecule has 2 N–H and O–H groups in total. The smallest absolute Gasteiger partial charge is 0.168 e. The van der Waals surface area contributed by atoms with Gasteiger partial charge >= 0.3 is 0 Å².